The van der Waals surface area contributed by atoms with Crippen LogP contribution in [0.2, 0.25) is 0 Å². The number of carboxylic acid groups (broad SMARTS) is 1. The number of aromatic nitrogens is 5. The van der Waals surface area contributed by atoms with Gasteiger partial charge in [0.1, 0.15) is 11.5 Å². The summed E-state index contributed by atoms with van der Waals surface area (Å²) in [5, 5.41) is 16.9. The van der Waals surface area contributed by atoms with Gasteiger partial charge in [-0.2, -0.15) is 0 Å². The highest BCUT2D eigenvalue weighted by Crippen LogP contribution is 2.09. The smallest absolute Gasteiger partial charge is 0.337 e. The van der Waals surface area contributed by atoms with Gasteiger partial charge in [0, 0.05) is 26.0 Å². The highest BCUT2D eigenvalue weighted by Gasteiger charge is 2.13. The number of ether oxygens (including phenoxy) is 1. The summed E-state index contributed by atoms with van der Waals surface area (Å²) in [6.45, 7) is 0.664. The summed E-state index contributed by atoms with van der Waals surface area (Å²) in [6.07, 6.45) is 6.63. The summed E-state index contributed by atoms with van der Waals surface area (Å²) in [6, 6.07) is 2.55. The van der Waals surface area contributed by atoms with Crippen molar-refractivity contribution in [3.05, 3.63) is 65.8 Å². The molecule has 0 unspecified atom stereocenters. The Labute approximate surface area is 164 Å². The number of pyridine rings is 2. The van der Waals surface area contributed by atoms with Crippen molar-refractivity contribution in [2.24, 2.45) is 0 Å². The highest BCUT2D eigenvalue weighted by atomic mass is 19.1. The molecule has 0 bridgehead atoms. The number of rotatable bonds is 8. The molecule has 1 amide bonds. The van der Waals surface area contributed by atoms with Crippen LogP contribution >= 0.6 is 0 Å². The third-order valence-corrected chi connectivity index (χ3v) is 3.90. The van der Waals surface area contributed by atoms with Gasteiger partial charge in [0.05, 0.1) is 48.6 Å². The van der Waals surface area contributed by atoms with E-state index in [1.54, 1.807) is 13.2 Å². The van der Waals surface area contributed by atoms with Crippen LogP contribution in [-0.4, -0.2) is 67.0 Å². The number of carboxylic acids is 1. The van der Waals surface area contributed by atoms with Crippen LogP contribution in [0.25, 0.3) is 5.69 Å². The van der Waals surface area contributed by atoms with Crippen LogP contribution in [0.3, 0.4) is 0 Å². The maximum atomic E-state index is 13.2. The van der Waals surface area contributed by atoms with Gasteiger partial charge in [-0.15, -0.1) is 5.10 Å². The van der Waals surface area contributed by atoms with Crippen molar-refractivity contribution < 1.29 is 23.8 Å². The molecule has 0 aromatic carbocycles. The number of amides is 1. The summed E-state index contributed by atoms with van der Waals surface area (Å²) in [7, 11) is 1.58. The molecule has 0 aliphatic rings. The minimum absolute atomic E-state index is 0.0389. The molecule has 29 heavy (non-hydrogen) atoms. The van der Waals surface area contributed by atoms with E-state index < -0.39 is 11.8 Å². The number of carbonyl (C=O) groups excluding carboxylic acids is 1. The predicted octanol–water partition coefficient (Wildman–Crippen LogP) is 1.18. The molecular weight excluding hydrogens is 383 g/mol. The first kappa shape index (κ1) is 20.0. The zero-order valence-corrected chi connectivity index (χ0v) is 15.4. The van der Waals surface area contributed by atoms with Gasteiger partial charge in [-0.3, -0.25) is 14.8 Å². The van der Waals surface area contributed by atoms with E-state index in [1.165, 1.54) is 34.2 Å². The maximum Gasteiger partial charge on any atom is 0.337 e. The lowest BCUT2D eigenvalue weighted by Gasteiger charge is -2.16. The summed E-state index contributed by atoms with van der Waals surface area (Å²) >= 11 is 0. The van der Waals surface area contributed by atoms with Gasteiger partial charge in [-0.25, -0.2) is 13.9 Å². The molecule has 0 saturated heterocycles. The molecule has 3 rings (SSSR count). The first-order chi connectivity index (χ1) is 13.9. The van der Waals surface area contributed by atoms with Gasteiger partial charge in [-0.1, -0.05) is 5.21 Å². The zero-order chi connectivity index (χ0) is 20.8. The van der Waals surface area contributed by atoms with E-state index in [2.05, 4.69) is 20.3 Å². The van der Waals surface area contributed by atoms with Gasteiger partial charge in [-0.05, 0) is 12.1 Å². The molecule has 1 N–H and O–H groups in total. The Morgan fingerprint density at radius 3 is 2.69 bits per heavy atom. The van der Waals surface area contributed by atoms with Crippen LogP contribution in [-0.2, 0) is 11.3 Å². The Morgan fingerprint density at radius 1 is 1.17 bits per heavy atom. The molecule has 3 aromatic heterocycles. The van der Waals surface area contributed by atoms with Crippen LogP contribution in [0.1, 0.15) is 26.4 Å². The maximum absolute atomic E-state index is 13.2. The second-order valence-corrected chi connectivity index (χ2v) is 6.06. The van der Waals surface area contributed by atoms with E-state index in [0.717, 1.165) is 12.3 Å². The number of hydrogen-bond donors (Lipinski definition) is 1. The van der Waals surface area contributed by atoms with E-state index in [9.17, 15) is 14.0 Å². The number of carbonyl (C=O) groups is 2. The molecule has 0 aliphatic carbocycles. The van der Waals surface area contributed by atoms with Crippen LogP contribution in [0.5, 0.6) is 0 Å². The largest absolute Gasteiger partial charge is 0.478 e. The molecule has 0 spiro atoms. The average Bonchev–Trinajstić information content (AvgIpc) is 3.19. The fraction of sp³-hybridized carbons (Fsp3) is 0.222. The monoisotopic (exact) mass is 400 g/mol. The summed E-state index contributed by atoms with van der Waals surface area (Å²) < 4.78 is 20.1. The van der Waals surface area contributed by atoms with Gasteiger partial charge in [0.2, 0.25) is 0 Å². The Balaban J connectivity index is 1.50. The van der Waals surface area contributed by atoms with Gasteiger partial charge >= 0.3 is 5.97 Å². The molecular formula is C18H17FN6O4. The predicted molar refractivity (Wildman–Crippen MR) is 96.9 cm³/mol. The van der Waals surface area contributed by atoms with E-state index in [0.29, 0.717) is 11.4 Å². The van der Waals surface area contributed by atoms with Crippen molar-refractivity contribution in [3.63, 3.8) is 0 Å². The molecule has 3 aromatic rings. The number of aromatic carboxylic acids is 1. The molecule has 0 atom stereocenters. The molecule has 3 heterocycles. The van der Waals surface area contributed by atoms with Crippen molar-refractivity contribution in [3.8, 4) is 5.69 Å². The van der Waals surface area contributed by atoms with E-state index in [4.69, 9.17) is 9.84 Å². The van der Waals surface area contributed by atoms with Crippen LogP contribution in [0.4, 0.5) is 4.39 Å². The Morgan fingerprint density at radius 2 is 1.93 bits per heavy atom. The number of nitrogens with zero attached hydrogens (tertiary/aromatic N) is 6. The molecule has 0 saturated carbocycles. The van der Waals surface area contributed by atoms with Crippen LogP contribution in [0, 0.1) is 5.82 Å². The van der Waals surface area contributed by atoms with Gasteiger partial charge in [0.25, 0.3) is 5.91 Å². The van der Waals surface area contributed by atoms with Gasteiger partial charge < -0.3 is 14.7 Å². The Bertz CT molecular complexity index is 1020. The number of likely N-dealkylation sites (N-methyl/N-ethyl adjacent to an activating group) is 1. The van der Waals surface area contributed by atoms with Crippen molar-refractivity contribution in [1.82, 2.24) is 29.9 Å². The fourth-order valence-electron chi connectivity index (χ4n) is 2.39. The topological polar surface area (TPSA) is 123 Å². The average molecular weight is 400 g/mol. The summed E-state index contributed by atoms with van der Waals surface area (Å²) in [4.78, 5) is 32.1. The molecule has 11 heteroatoms. The molecule has 0 radical (unpaired) electrons. The van der Waals surface area contributed by atoms with E-state index in [-0.39, 0.29) is 36.8 Å². The van der Waals surface area contributed by atoms with Crippen molar-refractivity contribution in [1.29, 1.82) is 0 Å². The molecule has 10 nitrogen and oxygen atoms in total. The second kappa shape index (κ2) is 8.97. The minimum Gasteiger partial charge on any atom is -0.478 e. The van der Waals surface area contributed by atoms with Crippen LogP contribution in [0.15, 0.2) is 43.1 Å². The lowest BCUT2D eigenvalue weighted by molar-refractivity contribution is 0.0663. The SMILES string of the molecule is CN(CCOCc1cn(-c2cncc(C(=O)O)c2)nn1)C(=O)c1cncc(F)c1. The van der Waals surface area contributed by atoms with Crippen molar-refractivity contribution in [2.45, 2.75) is 6.61 Å². The van der Waals surface area contributed by atoms with Crippen molar-refractivity contribution in [2.75, 3.05) is 20.2 Å². The quantitative estimate of drug-likeness (QED) is 0.559. The normalized spacial score (nSPS) is 10.7. The van der Waals surface area contributed by atoms with E-state index >= 15 is 0 Å². The lowest BCUT2D eigenvalue weighted by Crippen LogP contribution is -2.30. The summed E-state index contributed by atoms with van der Waals surface area (Å²) in [5.74, 6) is -2.03. The Kier molecular flexibility index (Phi) is 6.19. The highest BCUT2D eigenvalue weighted by molar-refractivity contribution is 5.93. The van der Waals surface area contributed by atoms with Crippen LogP contribution < -0.4 is 0 Å². The first-order valence-electron chi connectivity index (χ1n) is 8.48. The van der Waals surface area contributed by atoms with E-state index in [1.807, 2.05) is 0 Å². The van der Waals surface area contributed by atoms with Crippen molar-refractivity contribution >= 4 is 11.9 Å². The standard InChI is InChI=1S/C18H17FN6O4/c1-24(17(26)12-4-14(19)8-20-6-12)2-3-29-11-15-10-25(23-22-15)16-5-13(18(27)28)7-21-9-16/h4-10H,2-3,11H2,1H3,(H,27,28). The number of hydrogen-bond acceptors (Lipinski definition) is 7. The first-order valence-corrected chi connectivity index (χ1v) is 8.48. The fourth-order valence-corrected chi connectivity index (χ4v) is 2.39. The third kappa shape index (κ3) is 5.17. The zero-order valence-electron chi connectivity index (χ0n) is 15.4. The molecule has 0 fully saturated rings. The lowest BCUT2D eigenvalue weighted by atomic mass is 10.2. The summed E-state index contributed by atoms with van der Waals surface area (Å²) in [5.41, 5.74) is 1.18. The number of halogens is 1. The molecule has 150 valence electrons. The second-order valence-electron chi connectivity index (χ2n) is 6.06. The third-order valence-electron chi connectivity index (χ3n) is 3.90. The minimum atomic E-state index is -1.09. The Hall–Kier alpha value is -3.73. The molecule has 0 aliphatic heterocycles. The van der Waals surface area contributed by atoms with Gasteiger partial charge in [0.15, 0.2) is 0 Å².